The summed E-state index contributed by atoms with van der Waals surface area (Å²) in [5.41, 5.74) is 2.34. The molecule has 2 unspecified atom stereocenters. The van der Waals surface area contributed by atoms with Crippen molar-refractivity contribution in [2.45, 2.75) is 37.4 Å². The zero-order chi connectivity index (χ0) is 23.7. The van der Waals surface area contributed by atoms with Gasteiger partial charge in [0, 0.05) is 11.6 Å². The predicted molar refractivity (Wildman–Crippen MR) is 125 cm³/mol. The quantitative estimate of drug-likeness (QED) is 0.467. The van der Waals surface area contributed by atoms with E-state index in [0.29, 0.717) is 33.0 Å². The lowest BCUT2D eigenvalue weighted by Crippen LogP contribution is -2.39. The lowest BCUT2D eigenvalue weighted by atomic mass is 9.90. The van der Waals surface area contributed by atoms with Crippen LogP contribution in [0.5, 0.6) is 11.8 Å². The van der Waals surface area contributed by atoms with E-state index in [-0.39, 0.29) is 23.2 Å². The molecule has 2 aliphatic rings. The number of hydrogen-bond donors (Lipinski definition) is 3. The maximum Gasteiger partial charge on any atom is 0.241 e. The Kier molecular flexibility index (Phi) is 4.92. The van der Waals surface area contributed by atoms with Crippen molar-refractivity contribution in [3.8, 4) is 17.4 Å². The maximum atomic E-state index is 13.2. The fourth-order valence-corrected chi connectivity index (χ4v) is 6.63. The molecular weight excluding hydrogens is 464 g/mol. The molecule has 9 heteroatoms. The van der Waals surface area contributed by atoms with E-state index in [1.807, 2.05) is 19.1 Å². The SMILES string of the molecule is Cc1cc(C)c(S(=O)(=O)NCC23C=CC(O2)c2c3c(O)n(-c3ccc(Cl)cc3)c2O)c(C)c1. The summed E-state index contributed by atoms with van der Waals surface area (Å²) in [5.74, 6) is -0.368. The molecule has 0 fully saturated rings. The molecule has 2 aromatic carbocycles. The normalized spacial score (nSPS) is 21.0. The van der Waals surface area contributed by atoms with Crippen molar-refractivity contribution in [2.75, 3.05) is 6.54 Å². The molecule has 0 radical (unpaired) electrons. The smallest absolute Gasteiger partial charge is 0.241 e. The number of rotatable bonds is 5. The van der Waals surface area contributed by atoms with Crippen molar-refractivity contribution < 1.29 is 23.4 Å². The Balaban J connectivity index is 1.53. The van der Waals surface area contributed by atoms with E-state index in [1.54, 1.807) is 50.3 Å². The number of aromatic hydroxyl groups is 2. The van der Waals surface area contributed by atoms with Crippen LogP contribution < -0.4 is 4.72 Å². The first kappa shape index (κ1) is 22.0. The Hall–Kier alpha value is -2.78. The molecule has 3 aromatic rings. The van der Waals surface area contributed by atoms with Crippen LogP contribution in [0.3, 0.4) is 0 Å². The monoisotopic (exact) mass is 486 g/mol. The fourth-order valence-electron chi connectivity index (χ4n) is 4.99. The van der Waals surface area contributed by atoms with Crippen LogP contribution in [0, 0.1) is 20.8 Å². The van der Waals surface area contributed by atoms with Crippen molar-refractivity contribution in [2.24, 2.45) is 0 Å². The van der Waals surface area contributed by atoms with Crippen molar-refractivity contribution in [3.05, 3.63) is 81.4 Å². The Bertz CT molecular complexity index is 1400. The average molecular weight is 487 g/mol. The number of aromatic nitrogens is 1. The maximum absolute atomic E-state index is 13.2. The van der Waals surface area contributed by atoms with Crippen molar-refractivity contribution in [3.63, 3.8) is 0 Å². The topological polar surface area (TPSA) is 101 Å². The number of aryl methyl sites for hydroxylation is 3. The molecule has 0 aliphatic carbocycles. The zero-order valence-corrected chi connectivity index (χ0v) is 19.8. The van der Waals surface area contributed by atoms with Gasteiger partial charge in [-0.1, -0.05) is 35.4 Å². The Morgan fingerprint density at radius 2 is 1.73 bits per heavy atom. The number of benzene rings is 2. The minimum Gasteiger partial charge on any atom is -0.494 e. The number of hydrogen-bond acceptors (Lipinski definition) is 5. The van der Waals surface area contributed by atoms with Crippen LogP contribution in [0.15, 0.2) is 53.4 Å². The van der Waals surface area contributed by atoms with Gasteiger partial charge in [0.05, 0.1) is 21.7 Å². The molecule has 2 atom stereocenters. The molecule has 2 bridgehead atoms. The van der Waals surface area contributed by atoms with Gasteiger partial charge < -0.3 is 14.9 Å². The molecule has 1 aromatic heterocycles. The third kappa shape index (κ3) is 3.28. The predicted octanol–water partition coefficient (Wildman–Crippen LogP) is 4.28. The molecule has 0 saturated heterocycles. The summed E-state index contributed by atoms with van der Waals surface area (Å²) in [6.45, 7) is 5.30. The second-order valence-corrected chi connectivity index (χ2v) is 10.7. The van der Waals surface area contributed by atoms with E-state index >= 15 is 0 Å². The molecule has 3 N–H and O–H groups in total. The molecule has 5 rings (SSSR count). The van der Waals surface area contributed by atoms with Gasteiger partial charge in [0.15, 0.2) is 0 Å². The van der Waals surface area contributed by atoms with E-state index < -0.39 is 21.7 Å². The van der Waals surface area contributed by atoms with Gasteiger partial charge in [-0.3, -0.25) is 4.57 Å². The van der Waals surface area contributed by atoms with Gasteiger partial charge >= 0.3 is 0 Å². The van der Waals surface area contributed by atoms with E-state index in [9.17, 15) is 18.6 Å². The van der Waals surface area contributed by atoms with E-state index in [1.165, 1.54) is 4.57 Å². The van der Waals surface area contributed by atoms with Crippen molar-refractivity contribution in [1.29, 1.82) is 0 Å². The standard InChI is InChI=1S/C24H23ClN2O5S/c1-13-10-14(2)21(15(3)11-13)33(30,31)26-12-24-9-8-18(32-24)19-20(24)23(29)27(22(19)28)17-6-4-16(25)5-7-17/h4-11,18,26,28-29H,12H2,1-3H3. The molecule has 3 heterocycles. The summed E-state index contributed by atoms with van der Waals surface area (Å²) in [4.78, 5) is 0.229. The second kappa shape index (κ2) is 7.36. The first-order valence-electron chi connectivity index (χ1n) is 10.4. The molecular formula is C24H23ClN2O5S. The highest BCUT2D eigenvalue weighted by molar-refractivity contribution is 7.89. The largest absolute Gasteiger partial charge is 0.494 e. The van der Waals surface area contributed by atoms with Crippen LogP contribution in [0.25, 0.3) is 5.69 Å². The third-order valence-corrected chi connectivity index (χ3v) is 8.18. The van der Waals surface area contributed by atoms with E-state index in [0.717, 1.165) is 5.56 Å². The summed E-state index contributed by atoms with van der Waals surface area (Å²) < 4.78 is 36.5. The molecule has 0 saturated carbocycles. The Morgan fingerprint density at radius 1 is 1.09 bits per heavy atom. The van der Waals surface area contributed by atoms with Gasteiger partial charge in [0.1, 0.15) is 11.7 Å². The molecule has 2 aliphatic heterocycles. The highest BCUT2D eigenvalue weighted by Crippen LogP contribution is 2.58. The summed E-state index contributed by atoms with van der Waals surface area (Å²) in [7, 11) is -3.86. The number of fused-ring (bicyclic) bond motifs is 5. The lowest BCUT2D eigenvalue weighted by molar-refractivity contribution is -0.00108. The van der Waals surface area contributed by atoms with Gasteiger partial charge in [-0.25, -0.2) is 13.1 Å². The minimum absolute atomic E-state index is 0.139. The molecule has 7 nitrogen and oxygen atoms in total. The zero-order valence-electron chi connectivity index (χ0n) is 18.3. The lowest BCUT2D eigenvalue weighted by Gasteiger charge is -2.25. The Labute approximate surface area is 196 Å². The number of halogens is 1. The second-order valence-electron chi connectivity index (χ2n) is 8.59. The molecule has 0 amide bonds. The number of ether oxygens (including phenoxy) is 1. The average Bonchev–Trinajstić information content (AvgIpc) is 3.37. The first-order valence-corrected chi connectivity index (χ1v) is 12.3. The molecule has 33 heavy (non-hydrogen) atoms. The summed E-state index contributed by atoms with van der Waals surface area (Å²) >= 11 is 5.97. The van der Waals surface area contributed by atoms with Crippen LogP contribution in [0.1, 0.15) is 33.9 Å². The van der Waals surface area contributed by atoms with Gasteiger partial charge in [-0.05, 0) is 62.2 Å². The van der Waals surface area contributed by atoms with Crippen LogP contribution >= 0.6 is 11.6 Å². The van der Waals surface area contributed by atoms with Crippen LogP contribution in [0.4, 0.5) is 0 Å². The fraction of sp³-hybridized carbons (Fsp3) is 0.250. The summed E-state index contributed by atoms with van der Waals surface area (Å²) in [5, 5.41) is 22.5. The highest BCUT2D eigenvalue weighted by Gasteiger charge is 2.53. The van der Waals surface area contributed by atoms with E-state index in [2.05, 4.69) is 4.72 Å². The van der Waals surface area contributed by atoms with Crippen LogP contribution in [0.2, 0.25) is 5.02 Å². The van der Waals surface area contributed by atoms with Gasteiger partial charge in [-0.15, -0.1) is 0 Å². The molecule has 0 spiro atoms. The van der Waals surface area contributed by atoms with Crippen LogP contribution in [-0.2, 0) is 20.4 Å². The van der Waals surface area contributed by atoms with Gasteiger partial charge in [-0.2, -0.15) is 0 Å². The number of nitrogens with one attached hydrogen (secondary N) is 1. The third-order valence-electron chi connectivity index (χ3n) is 6.23. The van der Waals surface area contributed by atoms with Crippen molar-refractivity contribution >= 4 is 21.6 Å². The number of nitrogens with zero attached hydrogens (tertiary/aromatic N) is 1. The van der Waals surface area contributed by atoms with Gasteiger partial charge in [0.25, 0.3) is 0 Å². The summed E-state index contributed by atoms with van der Waals surface area (Å²) in [6, 6.07) is 10.3. The minimum atomic E-state index is -3.86. The Morgan fingerprint density at radius 3 is 2.36 bits per heavy atom. The van der Waals surface area contributed by atoms with E-state index in [4.69, 9.17) is 16.3 Å². The van der Waals surface area contributed by atoms with Gasteiger partial charge in [0.2, 0.25) is 21.8 Å². The molecule has 172 valence electrons. The van der Waals surface area contributed by atoms with Crippen LogP contribution in [-0.4, -0.2) is 29.7 Å². The van der Waals surface area contributed by atoms with Crippen molar-refractivity contribution in [1.82, 2.24) is 9.29 Å². The summed E-state index contributed by atoms with van der Waals surface area (Å²) in [6.07, 6.45) is 2.89. The number of sulfonamides is 1. The first-order chi connectivity index (χ1) is 15.5. The highest BCUT2D eigenvalue weighted by atomic mass is 35.5.